The van der Waals surface area contributed by atoms with Crippen molar-refractivity contribution in [1.82, 2.24) is 10.3 Å². The molecule has 2 aromatic heterocycles. The van der Waals surface area contributed by atoms with E-state index in [-0.39, 0.29) is 11.0 Å². The lowest BCUT2D eigenvalue weighted by molar-refractivity contribution is -0.104. The Morgan fingerprint density at radius 3 is 2.81 bits per heavy atom. The Labute approximate surface area is 161 Å². The zero-order chi connectivity index (χ0) is 17.9. The van der Waals surface area contributed by atoms with E-state index in [0.29, 0.717) is 0 Å². The van der Waals surface area contributed by atoms with Crippen molar-refractivity contribution in [2.75, 3.05) is 13.2 Å². The third kappa shape index (κ3) is 3.73. The summed E-state index contributed by atoms with van der Waals surface area (Å²) in [4.78, 5) is 6.25. The van der Waals surface area contributed by atoms with Gasteiger partial charge in [-0.1, -0.05) is 18.9 Å². The number of nitrogens with one attached hydrogen (secondary N) is 1. The molecular formula is C22H30N2OS. The van der Waals surface area contributed by atoms with Crippen LogP contribution >= 0.6 is 11.3 Å². The van der Waals surface area contributed by atoms with Crippen LogP contribution in [-0.2, 0) is 16.7 Å². The van der Waals surface area contributed by atoms with E-state index >= 15 is 0 Å². The average Bonchev–Trinajstić information content (AvgIpc) is 3.29. The smallest absolute Gasteiger partial charge is 0.0691 e. The van der Waals surface area contributed by atoms with Gasteiger partial charge < -0.3 is 10.1 Å². The minimum absolute atomic E-state index is 0.111. The number of hydrogen-bond donors (Lipinski definition) is 1. The molecule has 140 valence electrons. The van der Waals surface area contributed by atoms with Gasteiger partial charge in [0.2, 0.25) is 0 Å². The largest absolute Gasteiger partial charge is 0.375 e. The molecule has 0 bridgehead atoms. The molecule has 2 fully saturated rings. The summed E-state index contributed by atoms with van der Waals surface area (Å²) in [5, 5.41) is 5.88. The molecule has 0 amide bonds. The summed E-state index contributed by atoms with van der Waals surface area (Å²) in [5.41, 5.74) is 2.93. The highest BCUT2D eigenvalue weighted by atomic mass is 32.1. The van der Waals surface area contributed by atoms with Gasteiger partial charge >= 0.3 is 0 Å². The van der Waals surface area contributed by atoms with Gasteiger partial charge in [0.1, 0.15) is 0 Å². The highest BCUT2D eigenvalue weighted by Gasteiger charge is 2.48. The molecule has 1 saturated heterocycles. The minimum atomic E-state index is 0.111. The van der Waals surface area contributed by atoms with Crippen molar-refractivity contribution in [3.63, 3.8) is 0 Å². The summed E-state index contributed by atoms with van der Waals surface area (Å²) >= 11 is 1.85. The summed E-state index contributed by atoms with van der Waals surface area (Å²) in [6, 6.07) is 8.61. The van der Waals surface area contributed by atoms with Crippen molar-refractivity contribution in [3.8, 4) is 0 Å². The van der Waals surface area contributed by atoms with Crippen LogP contribution in [0.15, 0.2) is 35.8 Å². The van der Waals surface area contributed by atoms with Gasteiger partial charge in [0.05, 0.1) is 5.60 Å². The third-order valence-corrected chi connectivity index (χ3v) is 7.43. The van der Waals surface area contributed by atoms with Crippen LogP contribution in [-0.4, -0.2) is 23.7 Å². The number of aromatic nitrogens is 1. The quantitative estimate of drug-likeness (QED) is 0.727. The second-order valence-electron chi connectivity index (χ2n) is 8.11. The Balaban J connectivity index is 1.47. The number of pyridine rings is 1. The molecule has 2 aliphatic rings. The molecule has 3 heterocycles. The first-order chi connectivity index (χ1) is 12.7. The van der Waals surface area contributed by atoms with Gasteiger partial charge in [-0.2, -0.15) is 0 Å². The third-order valence-electron chi connectivity index (χ3n) is 6.41. The normalized spacial score (nSPS) is 25.0. The van der Waals surface area contributed by atoms with Crippen molar-refractivity contribution in [2.24, 2.45) is 0 Å². The standard InChI is InChI=1S/C22H30N2OS/c1-18-7-15-26-19(18)16-23-13-10-21(20-6-2-5-12-24-20)11-14-25-22(17-21)8-3-4-9-22/h2,5-7,12,15,23H,3-4,8-11,13-14,16-17H2,1H3/t21-/m1/s1. The van der Waals surface area contributed by atoms with E-state index in [2.05, 4.69) is 35.8 Å². The van der Waals surface area contributed by atoms with Crippen molar-refractivity contribution in [2.45, 2.75) is 69.4 Å². The van der Waals surface area contributed by atoms with Gasteiger partial charge in [-0.05, 0) is 74.7 Å². The molecule has 1 N–H and O–H groups in total. The highest BCUT2D eigenvalue weighted by Crippen LogP contribution is 2.49. The molecule has 1 saturated carbocycles. The first-order valence-corrected chi connectivity index (χ1v) is 10.9. The summed E-state index contributed by atoms with van der Waals surface area (Å²) in [6.45, 7) is 5.08. The molecular weight excluding hydrogens is 340 g/mol. The molecule has 1 spiro atoms. The van der Waals surface area contributed by atoms with Crippen LogP contribution in [0.3, 0.4) is 0 Å². The fourth-order valence-electron chi connectivity index (χ4n) is 4.91. The zero-order valence-corrected chi connectivity index (χ0v) is 16.6. The van der Waals surface area contributed by atoms with Crippen LogP contribution < -0.4 is 5.32 Å². The fraction of sp³-hybridized carbons (Fsp3) is 0.591. The lowest BCUT2D eigenvalue weighted by Gasteiger charge is -2.46. The Kier molecular flexibility index (Phi) is 5.44. The minimum Gasteiger partial charge on any atom is -0.375 e. The first kappa shape index (κ1) is 18.1. The lowest BCUT2D eigenvalue weighted by atomic mass is 9.68. The van der Waals surface area contributed by atoms with E-state index in [1.165, 1.54) is 41.8 Å². The highest BCUT2D eigenvalue weighted by molar-refractivity contribution is 7.10. The van der Waals surface area contributed by atoms with Crippen LogP contribution in [0.25, 0.3) is 0 Å². The number of nitrogens with zero attached hydrogens (tertiary/aromatic N) is 1. The van der Waals surface area contributed by atoms with Crippen molar-refractivity contribution in [3.05, 3.63) is 52.0 Å². The number of ether oxygens (including phenoxy) is 1. The number of rotatable bonds is 6. The van der Waals surface area contributed by atoms with Crippen molar-refractivity contribution in [1.29, 1.82) is 0 Å². The number of hydrogen-bond acceptors (Lipinski definition) is 4. The maximum absolute atomic E-state index is 6.34. The summed E-state index contributed by atoms with van der Waals surface area (Å²) in [7, 11) is 0. The van der Waals surface area contributed by atoms with Crippen LogP contribution in [0.2, 0.25) is 0 Å². The van der Waals surface area contributed by atoms with Crippen molar-refractivity contribution >= 4 is 11.3 Å². The average molecular weight is 371 g/mol. The Morgan fingerprint density at radius 2 is 2.08 bits per heavy atom. The first-order valence-electron chi connectivity index (χ1n) is 10.0. The van der Waals surface area contributed by atoms with Gasteiger partial charge in [-0.25, -0.2) is 0 Å². The van der Waals surface area contributed by atoms with Crippen LogP contribution in [0, 0.1) is 6.92 Å². The number of thiophene rings is 1. The monoisotopic (exact) mass is 370 g/mol. The van der Waals surface area contributed by atoms with E-state index in [1.54, 1.807) is 0 Å². The van der Waals surface area contributed by atoms with Gasteiger partial charge in [0.25, 0.3) is 0 Å². The van der Waals surface area contributed by atoms with Crippen molar-refractivity contribution < 1.29 is 4.74 Å². The van der Waals surface area contributed by atoms with Crippen LogP contribution in [0.4, 0.5) is 0 Å². The molecule has 4 heteroatoms. The Morgan fingerprint density at radius 1 is 1.19 bits per heavy atom. The summed E-state index contributed by atoms with van der Waals surface area (Å²) in [6.07, 6.45) is 10.4. The molecule has 1 aliphatic carbocycles. The lowest BCUT2D eigenvalue weighted by Crippen LogP contribution is -2.47. The van der Waals surface area contributed by atoms with E-state index in [1.807, 2.05) is 23.6 Å². The molecule has 1 aliphatic heterocycles. The molecule has 1 atom stereocenters. The topological polar surface area (TPSA) is 34.2 Å². The predicted octanol–water partition coefficient (Wildman–Crippen LogP) is 4.99. The van der Waals surface area contributed by atoms with Crippen LogP contribution in [0.5, 0.6) is 0 Å². The zero-order valence-electron chi connectivity index (χ0n) is 15.8. The van der Waals surface area contributed by atoms with E-state index in [9.17, 15) is 0 Å². The number of aryl methyl sites for hydroxylation is 1. The van der Waals surface area contributed by atoms with Gasteiger partial charge in [0, 0.05) is 35.3 Å². The molecule has 0 unspecified atom stereocenters. The Hall–Kier alpha value is -1.23. The molecule has 3 nitrogen and oxygen atoms in total. The SMILES string of the molecule is Cc1ccsc1CNCC[C@@]1(c2ccccn2)CCOC2(CCCC2)C1. The van der Waals surface area contributed by atoms with Crippen LogP contribution in [0.1, 0.15) is 61.1 Å². The second kappa shape index (κ2) is 7.79. The molecule has 4 rings (SSSR count). The van der Waals surface area contributed by atoms with E-state index < -0.39 is 0 Å². The molecule has 0 radical (unpaired) electrons. The molecule has 0 aromatic carbocycles. The predicted molar refractivity (Wildman–Crippen MR) is 108 cm³/mol. The van der Waals surface area contributed by atoms with Gasteiger partial charge in [-0.3, -0.25) is 4.98 Å². The fourth-order valence-corrected chi connectivity index (χ4v) is 5.79. The summed E-state index contributed by atoms with van der Waals surface area (Å²) in [5.74, 6) is 0. The summed E-state index contributed by atoms with van der Waals surface area (Å²) < 4.78 is 6.34. The maximum Gasteiger partial charge on any atom is 0.0691 e. The van der Waals surface area contributed by atoms with E-state index in [0.717, 1.165) is 39.0 Å². The molecule has 26 heavy (non-hydrogen) atoms. The second-order valence-corrected chi connectivity index (χ2v) is 9.11. The Bertz CT molecular complexity index is 708. The maximum atomic E-state index is 6.34. The molecule has 2 aromatic rings. The van der Waals surface area contributed by atoms with E-state index in [4.69, 9.17) is 9.72 Å². The van der Waals surface area contributed by atoms with Gasteiger partial charge in [-0.15, -0.1) is 11.3 Å². The van der Waals surface area contributed by atoms with Gasteiger partial charge in [0.15, 0.2) is 0 Å².